The Kier molecular flexibility index (Phi) is 3.60. The predicted octanol–water partition coefficient (Wildman–Crippen LogP) is 3.97. The van der Waals surface area contributed by atoms with Gasteiger partial charge in [-0.2, -0.15) is 11.8 Å². The Labute approximate surface area is 123 Å². The first-order chi connectivity index (χ1) is 9.75. The van der Waals surface area contributed by atoms with E-state index in [1.54, 1.807) is 0 Å². The highest BCUT2D eigenvalue weighted by atomic mass is 32.2. The van der Waals surface area contributed by atoms with Gasteiger partial charge in [-0.1, -0.05) is 6.07 Å². The number of aliphatic hydroxyl groups is 1. The average molecular weight is 322 g/mol. The highest BCUT2D eigenvalue weighted by Crippen LogP contribution is 2.51. The molecule has 1 aromatic rings. The van der Waals surface area contributed by atoms with Crippen LogP contribution in [0.15, 0.2) is 18.2 Å². The van der Waals surface area contributed by atoms with Gasteiger partial charge in [-0.25, -0.2) is 4.39 Å². The Morgan fingerprint density at radius 1 is 1.19 bits per heavy atom. The highest BCUT2D eigenvalue weighted by molar-refractivity contribution is 8.00. The van der Waals surface area contributed by atoms with Crippen molar-refractivity contribution in [1.82, 2.24) is 0 Å². The largest absolute Gasteiger partial charge is 0.573 e. The lowest BCUT2D eigenvalue weighted by molar-refractivity contribution is -0.275. The standard InChI is InChI=1S/C14H14F4O2S/c15-11-5-8(1-4-12(11)20-14(16,17)18)13(19)6-9-2-3-10(7-13)21-9/h1,4-5,9-10,19H,2-3,6-7H2. The van der Waals surface area contributed by atoms with Crippen molar-refractivity contribution in [2.45, 2.75) is 48.1 Å². The summed E-state index contributed by atoms with van der Waals surface area (Å²) in [6.07, 6.45) is -1.87. The summed E-state index contributed by atoms with van der Waals surface area (Å²) < 4.78 is 53.7. The summed E-state index contributed by atoms with van der Waals surface area (Å²) in [5.41, 5.74) is -0.832. The normalized spacial score (nSPS) is 32.2. The van der Waals surface area contributed by atoms with Crippen LogP contribution >= 0.6 is 11.8 Å². The van der Waals surface area contributed by atoms with Gasteiger partial charge in [0.25, 0.3) is 0 Å². The van der Waals surface area contributed by atoms with Crippen molar-refractivity contribution in [3.05, 3.63) is 29.6 Å². The van der Waals surface area contributed by atoms with E-state index in [9.17, 15) is 22.7 Å². The molecule has 2 bridgehead atoms. The van der Waals surface area contributed by atoms with E-state index >= 15 is 0 Å². The van der Waals surface area contributed by atoms with Crippen LogP contribution in [0.3, 0.4) is 0 Å². The number of hydrogen-bond acceptors (Lipinski definition) is 3. The molecule has 2 heterocycles. The van der Waals surface area contributed by atoms with Crippen LogP contribution in [0.1, 0.15) is 31.2 Å². The monoisotopic (exact) mass is 322 g/mol. The minimum atomic E-state index is -4.93. The zero-order valence-electron chi connectivity index (χ0n) is 11.0. The van der Waals surface area contributed by atoms with Crippen LogP contribution in [0, 0.1) is 5.82 Å². The van der Waals surface area contributed by atoms with E-state index in [2.05, 4.69) is 4.74 Å². The number of fused-ring (bicyclic) bond motifs is 2. The Balaban J connectivity index is 1.85. The molecule has 0 saturated carbocycles. The van der Waals surface area contributed by atoms with Crippen LogP contribution in [0.25, 0.3) is 0 Å². The lowest BCUT2D eigenvalue weighted by Gasteiger charge is -2.36. The molecular weight excluding hydrogens is 308 g/mol. The van der Waals surface area contributed by atoms with E-state index in [-0.39, 0.29) is 0 Å². The highest BCUT2D eigenvalue weighted by Gasteiger charge is 2.44. The second-order valence-electron chi connectivity index (χ2n) is 5.59. The minimum Gasteiger partial charge on any atom is -0.403 e. The number of ether oxygens (including phenoxy) is 1. The van der Waals surface area contributed by atoms with Gasteiger partial charge in [0.05, 0.1) is 5.60 Å². The van der Waals surface area contributed by atoms with Crippen LogP contribution < -0.4 is 4.74 Å². The molecule has 2 aliphatic rings. The molecular formula is C14H14F4O2S. The van der Waals surface area contributed by atoms with Gasteiger partial charge in [-0.05, 0) is 43.4 Å². The molecule has 2 unspecified atom stereocenters. The molecule has 0 aliphatic carbocycles. The molecule has 21 heavy (non-hydrogen) atoms. The van der Waals surface area contributed by atoms with Gasteiger partial charge in [0.1, 0.15) is 0 Å². The first-order valence-electron chi connectivity index (χ1n) is 6.69. The molecule has 0 amide bonds. The van der Waals surface area contributed by atoms with Gasteiger partial charge < -0.3 is 9.84 Å². The molecule has 0 radical (unpaired) electrons. The summed E-state index contributed by atoms with van der Waals surface area (Å²) in [7, 11) is 0. The molecule has 2 aliphatic heterocycles. The van der Waals surface area contributed by atoms with Gasteiger partial charge in [0.15, 0.2) is 11.6 Å². The minimum absolute atomic E-state index is 0.326. The van der Waals surface area contributed by atoms with Crippen molar-refractivity contribution in [3.8, 4) is 5.75 Å². The zero-order valence-corrected chi connectivity index (χ0v) is 11.8. The van der Waals surface area contributed by atoms with Crippen molar-refractivity contribution in [2.24, 2.45) is 0 Å². The van der Waals surface area contributed by atoms with E-state index in [0.29, 0.717) is 28.9 Å². The lowest BCUT2D eigenvalue weighted by atomic mass is 9.86. The molecule has 2 saturated heterocycles. The van der Waals surface area contributed by atoms with Crippen LogP contribution in [0.5, 0.6) is 5.75 Å². The van der Waals surface area contributed by atoms with Crippen LogP contribution in [-0.2, 0) is 5.60 Å². The third-order valence-electron chi connectivity index (χ3n) is 4.02. The Hall–Kier alpha value is -0.950. The van der Waals surface area contributed by atoms with Gasteiger partial charge in [-0.15, -0.1) is 13.2 Å². The number of thioether (sulfide) groups is 1. The van der Waals surface area contributed by atoms with E-state index in [0.717, 1.165) is 25.0 Å². The quantitative estimate of drug-likeness (QED) is 0.836. The third-order valence-corrected chi connectivity index (χ3v) is 5.60. The zero-order chi connectivity index (χ0) is 15.3. The van der Waals surface area contributed by atoms with Crippen LogP contribution in [0.2, 0.25) is 0 Å². The average Bonchev–Trinajstić information content (AvgIpc) is 2.70. The van der Waals surface area contributed by atoms with E-state index < -0.39 is 23.5 Å². The van der Waals surface area contributed by atoms with E-state index in [1.807, 2.05) is 11.8 Å². The number of hydrogen-bond donors (Lipinski definition) is 1. The van der Waals surface area contributed by atoms with Crippen molar-refractivity contribution in [2.75, 3.05) is 0 Å². The van der Waals surface area contributed by atoms with Gasteiger partial charge >= 0.3 is 6.36 Å². The number of alkyl halides is 3. The molecule has 116 valence electrons. The van der Waals surface area contributed by atoms with Crippen molar-refractivity contribution < 1.29 is 27.4 Å². The SMILES string of the molecule is OC1(c2ccc(OC(F)(F)F)c(F)c2)CC2CCC(C1)S2. The Morgan fingerprint density at radius 3 is 2.33 bits per heavy atom. The molecule has 2 atom stereocenters. The first kappa shape index (κ1) is 15.0. The summed E-state index contributed by atoms with van der Waals surface area (Å²) in [4.78, 5) is 0. The number of rotatable bonds is 2. The number of halogens is 4. The van der Waals surface area contributed by atoms with Gasteiger partial charge in [0, 0.05) is 10.5 Å². The van der Waals surface area contributed by atoms with Crippen LogP contribution in [0.4, 0.5) is 17.6 Å². The topological polar surface area (TPSA) is 29.5 Å². The lowest BCUT2D eigenvalue weighted by Crippen LogP contribution is -2.34. The van der Waals surface area contributed by atoms with Crippen molar-refractivity contribution in [3.63, 3.8) is 0 Å². The molecule has 3 rings (SSSR count). The van der Waals surface area contributed by atoms with Crippen molar-refractivity contribution in [1.29, 1.82) is 0 Å². The van der Waals surface area contributed by atoms with E-state index in [4.69, 9.17) is 0 Å². The third kappa shape index (κ3) is 3.13. The fourth-order valence-corrected chi connectivity index (χ4v) is 4.98. The second kappa shape index (κ2) is 5.05. The van der Waals surface area contributed by atoms with Crippen molar-refractivity contribution >= 4 is 11.8 Å². The maximum Gasteiger partial charge on any atom is 0.573 e. The molecule has 2 fully saturated rings. The second-order valence-corrected chi connectivity index (χ2v) is 7.20. The first-order valence-corrected chi connectivity index (χ1v) is 7.63. The summed E-state index contributed by atoms with van der Waals surface area (Å²) in [5, 5.41) is 11.4. The molecule has 0 spiro atoms. The molecule has 1 aromatic carbocycles. The molecule has 2 nitrogen and oxygen atoms in total. The van der Waals surface area contributed by atoms with E-state index in [1.165, 1.54) is 6.07 Å². The molecule has 0 aromatic heterocycles. The molecule has 7 heteroatoms. The maximum absolute atomic E-state index is 13.8. The smallest absolute Gasteiger partial charge is 0.403 e. The molecule has 1 N–H and O–H groups in total. The van der Waals surface area contributed by atoms with Gasteiger partial charge in [-0.3, -0.25) is 0 Å². The Bertz CT molecular complexity index is 534. The fraction of sp³-hybridized carbons (Fsp3) is 0.571. The van der Waals surface area contributed by atoms with Gasteiger partial charge in [0.2, 0.25) is 0 Å². The predicted molar refractivity (Wildman–Crippen MR) is 70.6 cm³/mol. The summed E-state index contributed by atoms with van der Waals surface area (Å²) >= 11 is 1.84. The fourth-order valence-electron chi connectivity index (χ4n) is 3.15. The number of benzene rings is 1. The summed E-state index contributed by atoms with van der Waals surface area (Å²) in [6, 6.07) is 3.20. The van der Waals surface area contributed by atoms with Crippen LogP contribution in [-0.4, -0.2) is 22.0 Å². The summed E-state index contributed by atoms with van der Waals surface area (Å²) in [6.45, 7) is 0. The Morgan fingerprint density at radius 2 is 1.81 bits per heavy atom. The summed E-state index contributed by atoms with van der Waals surface area (Å²) in [5.74, 6) is -1.98. The maximum atomic E-state index is 13.8.